The maximum atomic E-state index is 9.79. The summed E-state index contributed by atoms with van der Waals surface area (Å²) < 4.78 is 4.48. The van der Waals surface area contributed by atoms with Crippen molar-refractivity contribution in [2.24, 2.45) is 5.92 Å². The Morgan fingerprint density at radius 1 is 1.11 bits per heavy atom. The summed E-state index contributed by atoms with van der Waals surface area (Å²) in [6.07, 6.45) is 5.75. The van der Waals surface area contributed by atoms with Crippen LogP contribution < -0.4 is 0 Å². The highest BCUT2D eigenvalue weighted by Crippen LogP contribution is 2.54. The Hall–Kier alpha value is -3.32. The van der Waals surface area contributed by atoms with Crippen LogP contribution in [0.1, 0.15) is 48.7 Å². The van der Waals surface area contributed by atoms with E-state index in [0.29, 0.717) is 11.8 Å². The summed E-state index contributed by atoms with van der Waals surface area (Å²) in [5, 5.41) is 9.79. The van der Waals surface area contributed by atoms with Crippen molar-refractivity contribution in [3.05, 3.63) is 71.1 Å². The molecular weight excluding hydrogens is 344 g/mol. The third-order valence-electron chi connectivity index (χ3n) is 5.78. The van der Waals surface area contributed by atoms with Gasteiger partial charge in [0.1, 0.15) is 6.07 Å². The first-order chi connectivity index (χ1) is 13.8. The van der Waals surface area contributed by atoms with Gasteiger partial charge in [-0.2, -0.15) is 5.26 Å². The molecule has 2 aliphatic rings. The summed E-state index contributed by atoms with van der Waals surface area (Å²) in [6, 6.07) is 16.7. The van der Waals surface area contributed by atoms with Crippen LogP contribution in [0.2, 0.25) is 0 Å². The third-order valence-corrected chi connectivity index (χ3v) is 5.78. The lowest BCUT2D eigenvalue weighted by Crippen LogP contribution is -2.05. The molecule has 28 heavy (non-hydrogen) atoms. The Morgan fingerprint density at radius 3 is 2.75 bits per heavy atom. The standard InChI is InChI=1S/C22H16N4.C2H6/c1-13-5-4-8-18(16(13)12-23)26-21-15-11-14(15)9-10-20(21)25-19-7-3-2-6-17(19)24-22(25)26;1-2/h2-10,14-15H,11H2,1H3;1-2H3. The van der Waals surface area contributed by atoms with Crippen LogP contribution in [0.3, 0.4) is 0 Å². The molecule has 1 fully saturated rings. The average Bonchev–Trinajstić information content (AvgIpc) is 3.32. The Labute approximate surface area is 164 Å². The molecule has 2 aliphatic carbocycles. The summed E-state index contributed by atoms with van der Waals surface area (Å²) in [7, 11) is 0. The van der Waals surface area contributed by atoms with Crippen molar-refractivity contribution in [3.8, 4) is 11.8 Å². The maximum Gasteiger partial charge on any atom is 0.220 e. The molecule has 4 nitrogen and oxygen atoms in total. The second-order valence-corrected chi connectivity index (χ2v) is 7.29. The molecule has 0 spiro atoms. The number of nitrogens with zero attached hydrogens (tertiary/aromatic N) is 4. The number of fused-ring (bicyclic) bond motifs is 7. The number of para-hydroxylation sites is 2. The molecule has 2 heterocycles. The van der Waals surface area contributed by atoms with E-state index in [9.17, 15) is 5.26 Å². The minimum atomic E-state index is 0.530. The van der Waals surface area contributed by atoms with E-state index < -0.39 is 0 Å². The number of hydrogen-bond donors (Lipinski definition) is 0. The lowest BCUT2D eigenvalue weighted by molar-refractivity contribution is 0.888. The molecule has 4 aromatic rings. The SMILES string of the molecule is CC.Cc1cccc(-n2c3c(n4c5ccccc5nc24)C=CC2CC32)c1C#N. The largest absolute Gasteiger partial charge is 0.280 e. The van der Waals surface area contributed by atoms with E-state index in [1.165, 1.54) is 17.8 Å². The zero-order valence-corrected chi connectivity index (χ0v) is 16.3. The van der Waals surface area contributed by atoms with Gasteiger partial charge in [-0.05, 0) is 49.1 Å². The van der Waals surface area contributed by atoms with Crippen LogP contribution in [0.25, 0.3) is 28.6 Å². The highest BCUT2D eigenvalue weighted by atomic mass is 15.2. The molecule has 0 bridgehead atoms. The zero-order valence-electron chi connectivity index (χ0n) is 16.3. The fourth-order valence-electron chi connectivity index (χ4n) is 4.43. The normalized spacial score (nSPS) is 18.9. The Balaban J connectivity index is 0.000000829. The van der Waals surface area contributed by atoms with E-state index in [-0.39, 0.29) is 0 Å². The Kier molecular flexibility index (Phi) is 3.67. The van der Waals surface area contributed by atoms with E-state index >= 15 is 0 Å². The summed E-state index contributed by atoms with van der Waals surface area (Å²) in [5.74, 6) is 2.06. The van der Waals surface area contributed by atoms with Crippen LogP contribution in [0.15, 0.2) is 48.5 Å². The van der Waals surface area contributed by atoms with Crippen molar-refractivity contribution in [2.75, 3.05) is 0 Å². The second-order valence-electron chi connectivity index (χ2n) is 7.29. The van der Waals surface area contributed by atoms with Gasteiger partial charge in [-0.25, -0.2) is 4.98 Å². The molecule has 6 rings (SSSR count). The number of nitriles is 1. The van der Waals surface area contributed by atoms with E-state index in [4.69, 9.17) is 4.98 Å². The number of benzene rings is 2. The predicted octanol–water partition coefficient (Wildman–Crippen LogP) is 5.61. The average molecular weight is 366 g/mol. The van der Waals surface area contributed by atoms with Gasteiger partial charge < -0.3 is 0 Å². The first-order valence-corrected chi connectivity index (χ1v) is 9.98. The van der Waals surface area contributed by atoms with Gasteiger partial charge in [-0.15, -0.1) is 0 Å². The number of imidazole rings is 2. The fourth-order valence-corrected chi connectivity index (χ4v) is 4.43. The molecule has 0 aliphatic heterocycles. The minimum absolute atomic E-state index is 0.530. The molecule has 138 valence electrons. The van der Waals surface area contributed by atoms with Gasteiger partial charge in [0.2, 0.25) is 5.78 Å². The predicted molar refractivity (Wildman–Crippen MR) is 113 cm³/mol. The number of aromatic nitrogens is 3. The molecule has 1 saturated carbocycles. The van der Waals surface area contributed by atoms with Crippen molar-refractivity contribution >= 4 is 22.9 Å². The first-order valence-electron chi connectivity index (χ1n) is 9.98. The first kappa shape index (κ1) is 16.8. The van der Waals surface area contributed by atoms with Crippen LogP contribution in [-0.2, 0) is 0 Å². The van der Waals surface area contributed by atoms with Crippen LogP contribution in [0.4, 0.5) is 0 Å². The van der Waals surface area contributed by atoms with Crippen LogP contribution in [-0.4, -0.2) is 14.0 Å². The highest BCUT2D eigenvalue weighted by molar-refractivity contribution is 5.83. The van der Waals surface area contributed by atoms with Gasteiger partial charge in [-0.1, -0.05) is 44.2 Å². The van der Waals surface area contributed by atoms with Crippen molar-refractivity contribution in [3.63, 3.8) is 0 Å². The zero-order chi connectivity index (χ0) is 19.4. The van der Waals surface area contributed by atoms with Crippen LogP contribution in [0.5, 0.6) is 0 Å². The van der Waals surface area contributed by atoms with E-state index in [2.05, 4.69) is 39.3 Å². The third kappa shape index (κ3) is 2.13. The van der Waals surface area contributed by atoms with Crippen molar-refractivity contribution in [2.45, 2.75) is 33.1 Å². The maximum absolute atomic E-state index is 9.79. The molecule has 2 unspecified atom stereocenters. The molecular formula is C24H22N4. The van der Waals surface area contributed by atoms with Crippen molar-refractivity contribution < 1.29 is 0 Å². The number of rotatable bonds is 1. The van der Waals surface area contributed by atoms with E-state index in [1.54, 1.807) is 0 Å². The van der Waals surface area contributed by atoms with Crippen molar-refractivity contribution in [1.29, 1.82) is 5.26 Å². The van der Waals surface area contributed by atoms with Gasteiger partial charge >= 0.3 is 0 Å². The summed E-state index contributed by atoms with van der Waals surface area (Å²) in [6.45, 7) is 6.00. The molecule has 2 aromatic carbocycles. The number of hydrogen-bond acceptors (Lipinski definition) is 2. The minimum Gasteiger partial charge on any atom is -0.280 e. The topological polar surface area (TPSA) is 46.0 Å². The van der Waals surface area contributed by atoms with E-state index in [1.807, 2.05) is 51.1 Å². The Morgan fingerprint density at radius 2 is 1.93 bits per heavy atom. The smallest absolute Gasteiger partial charge is 0.220 e. The molecule has 0 saturated heterocycles. The monoisotopic (exact) mass is 366 g/mol. The van der Waals surface area contributed by atoms with Crippen LogP contribution >= 0.6 is 0 Å². The molecule has 0 amide bonds. The number of aryl methyl sites for hydroxylation is 1. The molecule has 4 heteroatoms. The highest BCUT2D eigenvalue weighted by Gasteiger charge is 2.44. The van der Waals surface area contributed by atoms with Gasteiger partial charge in [0.15, 0.2) is 0 Å². The van der Waals surface area contributed by atoms with Gasteiger partial charge in [0, 0.05) is 5.92 Å². The summed E-state index contributed by atoms with van der Waals surface area (Å²) in [5.41, 5.74) is 7.27. The fraction of sp³-hybridized carbons (Fsp3) is 0.250. The van der Waals surface area contributed by atoms with E-state index in [0.717, 1.165) is 33.6 Å². The van der Waals surface area contributed by atoms with Gasteiger partial charge in [-0.3, -0.25) is 8.97 Å². The molecule has 2 aromatic heterocycles. The number of allylic oxidation sites excluding steroid dienone is 1. The Bertz CT molecular complexity index is 1300. The summed E-state index contributed by atoms with van der Waals surface area (Å²) in [4.78, 5) is 4.94. The lowest BCUT2D eigenvalue weighted by atomic mass is 10.0. The quantitative estimate of drug-likeness (QED) is 0.439. The van der Waals surface area contributed by atoms with Crippen LogP contribution in [0, 0.1) is 24.2 Å². The second kappa shape index (κ2) is 6.10. The molecule has 0 N–H and O–H groups in total. The molecule has 0 radical (unpaired) electrons. The van der Waals surface area contributed by atoms with Crippen molar-refractivity contribution in [1.82, 2.24) is 14.0 Å². The molecule has 2 atom stereocenters. The lowest BCUT2D eigenvalue weighted by Gasteiger charge is -2.14. The van der Waals surface area contributed by atoms with Gasteiger partial charge in [0.05, 0.1) is 33.7 Å². The van der Waals surface area contributed by atoms with Gasteiger partial charge in [0.25, 0.3) is 0 Å². The summed E-state index contributed by atoms with van der Waals surface area (Å²) >= 11 is 0.